The van der Waals surface area contributed by atoms with Crippen LogP contribution in [0.3, 0.4) is 0 Å². The second-order valence-corrected chi connectivity index (χ2v) is 8.92. The van der Waals surface area contributed by atoms with E-state index in [2.05, 4.69) is 6.92 Å². The van der Waals surface area contributed by atoms with Gasteiger partial charge in [0.15, 0.2) is 12.2 Å². The van der Waals surface area contributed by atoms with Gasteiger partial charge in [0.05, 0.1) is 0 Å². The molecule has 1 rings (SSSR count). The first-order chi connectivity index (χ1) is 15.7. The average molecular weight is 467 g/mol. The third-order valence-corrected chi connectivity index (χ3v) is 5.94. The van der Waals surface area contributed by atoms with Crippen LogP contribution in [0.2, 0.25) is 0 Å². The molecule has 1 aliphatic carbocycles. The van der Waals surface area contributed by atoms with Crippen molar-refractivity contribution in [3.63, 3.8) is 0 Å². The summed E-state index contributed by atoms with van der Waals surface area (Å²) in [4.78, 5) is 48.1. The molecule has 0 radical (unpaired) electrons. The molecule has 0 bridgehead atoms. The number of unbranched alkanes of at least 4 members (excludes halogenated alkanes) is 11. The van der Waals surface area contributed by atoms with Crippen LogP contribution in [-0.4, -0.2) is 41.5 Å². The van der Waals surface area contributed by atoms with Gasteiger partial charge in [-0.05, 0) is 25.0 Å². The summed E-state index contributed by atoms with van der Waals surface area (Å²) < 4.78 is 16.2. The highest BCUT2D eigenvalue weighted by molar-refractivity contribution is 6.03. The molecule has 0 N–H and O–H groups in total. The fourth-order valence-corrected chi connectivity index (χ4v) is 4.38. The van der Waals surface area contributed by atoms with Gasteiger partial charge in [-0.3, -0.25) is 19.2 Å². The van der Waals surface area contributed by atoms with Crippen LogP contribution in [0, 0.1) is 0 Å². The fraction of sp³-hybridized carbons (Fsp3) is 0.769. The number of rotatable bonds is 17. The Balaban J connectivity index is 2.59. The van der Waals surface area contributed by atoms with Gasteiger partial charge in [0.1, 0.15) is 0 Å². The normalized spacial score (nSPS) is 20.5. The monoisotopic (exact) mass is 466 g/mol. The number of hydrogen-bond acceptors (Lipinski definition) is 7. The van der Waals surface area contributed by atoms with Gasteiger partial charge in [-0.15, -0.1) is 0 Å². The van der Waals surface area contributed by atoms with Crippen LogP contribution >= 0.6 is 0 Å². The molecule has 0 aromatic rings. The van der Waals surface area contributed by atoms with Crippen molar-refractivity contribution in [2.45, 2.75) is 129 Å². The summed E-state index contributed by atoms with van der Waals surface area (Å²) in [6, 6.07) is 0. The Labute approximate surface area is 198 Å². The van der Waals surface area contributed by atoms with E-state index in [0.717, 1.165) is 19.3 Å². The van der Waals surface area contributed by atoms with Crippen molar-refractivity contribution in [3.8, 4) is 0 Å². The van der Waals surface area contributed by atoms with E-state index in [1.165, 1.54) is 84.3 Å². The largest absolute Gasteiger partial charge is 0.458 e. The molecule has 7 heteroatoms. The molecule has 0 aromatic carbocycles. The van der Waals surface area contributed by atoms with Crippen molar-refractivity contribution in [1.82, 2.24) is 0 Å². The second kappa shape index (κ2) is 15.6. The van der Waals surface area contributed by atoms with Crippen molar-refractivity contribution in [2.75, 3.05) is 0 Å². The first-order valence-corrected chi connectivity index (χ1v) is 12.5. The molecule has 0 saturated carbocycles. The lowest BCUT2D eigenvalue weighted by molar-refractivity contribution is -0.203. The van der Waals surface area contributed by atoms with Gasteiger partial charge >= 0.3 is 17.9 Å². The van der Waals surface area contributed by atoms with Crippen LogP contribution in [-0.2, 0) is 33.4 Å². The summed E-state index contributed by atoms with van der Waals surface area (Å²) in [6.45, 7) is 5.85. The van der Waals surface area contributed by atoms with Crippen LogP contribution < -0.4 is 0 Å². The van der Waals surface area contributed by atoms with Crippen molar-refractivity contribution >= 4 is 23.7 Å². The summed E-state index contributed by atoms with van der Waals surface area (Å²) in [5.41, 5.74) is -1.87. The number of hydrogen-bond donors (Lipinski definition) is 0. The Bertz CT molecular complexity index is 670. The molecule has 0 aliphatic heterocycles. The Morgan fingerprint density at radius 1 is 0.818 bits per heavy atom. The highest BCUT2D eigenvalue weighted by atomic mass is 16.6. The van der Waals surface area contributed by atoms with Crippen LogP contribution in [0.25, 0.3) is 0 Å². The maximum Gasteiger partial charge on any atom is 0.303 e. The predicted molar refractivity (Wildman–Crippen MR) is 125 cm³/mol. The first-order valence-electron chi connectivity index (χ1n) is 12.5. The molecule has 188 valence electrons. The predicted octanol–water partition coefficient (Wildman–Crippen LogP) is 5.38. The maximum absolute atomic E-state index is 12.8. The van der Waals surface area contributed by atoms with E-state index < -0.39 is 41.5 Å². The number of carbonyl (C=O) groups is 4. The molecule has 33 heavy (non-hydrogen) atoms. The zero-order valence-corrected chi connectivity index (χ0v) is 20.9. The standard InChI is InChI=1S/C26H42O7/c1-5-6-7-8-9-10-11-12-13-14-15-16-17-24(31-20(2)27)26(33-22(4)29)23(30)18-19-25(26)32-21(3)28/h18-19,24-25H,5-17H2,1-4H3/t24-,25-,26-/m0/s1. The van der Waals surface area contributed by atoms with Gasteiger partial charge in [-0.1, -0.05) is 77.6 Å². The maximum atomic E-state index is 12.8. The number of ether oxygens (including phenoxy) is 3. The summed E-state index contributed by atoms with van der Waals surface area (Å²) in [6.07, 6.45) is 14.9. The van der Waals surface area contributed by atoms with E-state index in [0.29, 0.717) is 12.8 Å². The molecule has 0 spiro atoms. The van der Waals surface area contributed by atoms with E-state index in [-0.39, 0.29) is 0 Å². The smallest absolute Gasteiger partial charge is 0.303 e. The number of ketones is 1. The first kappa shape index (κ1) is 28.9. The summed E-state index contributed by atoms with van der Waals surface area (Å²) >= 11 is 0. The molecule has 0 fully saturated rings. The number of carbonyl (C=O) groups excluding carboxylic acids is 4. The van der Waals surface area contributed by atoms with E-state index in [9.17, 15) is 19.2 Å². The van der Waals surface area contributed by atoms with E-state index in [1.54, 1.807) is 0 Å². The highest BCUT2D eigenvalue weighted by Crippen LogP contribution is 2.36. The van der Waals surface area contributed by atoms with Crippen LogP contribution in [0.1, 0.15) is 111 Å². The lowest BCUT2D eigenvalue weighted by Gasteiger charge is -2.38. The lowest BCUT2D eigenvalue weighted by Crippen LogP contribution is -2.59. The minimum atomic E-state index is -1.87. The zero-order valence-electron chi connectivity index (χ0n) is 20.9. The lowest BCUT2D eigenvalue weighted by atomic mass is 9.86. The van der Waals surface area contributed by atoms with Gasteiger partial charge in [0, 0.05) is 20.8 Å². The molecule has 0 heterocycles. The summed E-state index contributed by atoms with van der Waals surface area (Å²) in [5.74, 6) is -2.47. The molecule has 1 aliphatic rings. The molecule has 0 amide bonds. The van der Waals surface area contributed by atoms with Gasteiger partial charge in [0.2, 0.25) is 11.4 Å². The van der Waals surface area contributed by atoms with Crippen molar-refractivity contribution in [3.05, 3.63) is 12.2 Å². The Kier molecular flexibility index (Phi) is 13.7. The zero-order chi connectivity index (χ0) is 24.7. The molecule has 7 nitrogen and oxygen atoms in total. The summed E-state index contributed by atoms with van der Waals surface area (Å²) in [5, 5.41) is 0. The molecule has 0 saturated heterocycles. The van der Waals surface area contributed by atoms with Crippen LogP contribution in [0.5, 0.6) is 0 Å². The van der Waals surface area contributed by atoms with Crippen molar-refractivity contribution in [2.24, 2.45) is 0 Å². The highest BCUT2D eigenvalue weighted by Gasteiger charge is 2.59. The summed E-state index contributed by atoms with van der Waals surface area (Å²) in [7, 11) is 0. The molecule has 0 aromatic heterocycles. The Morgan fingerprint density at radius 3 is 1.79 bits per heavy atom. The van der Waals surface area contributed by atoms with Crippen molar-refractivity contribution < 1.29 is 33.4 Å². The SMILES string of the molecule is CCCCCCCCCCCCCC[C@H](OC(C)=O)[C@@]1(OC(C)=O)C(=O)C=C[C@@H]1OC(C)=O. The minimum Gasteiger partial charge on any atom is -0.458 e. The second-order valence-electron chi connectivity index (χ2n) is 8.92. The topological polar surface area (TPSA) is 96.0 Å². The third-order valence-electron chi connectivity index (χ3n) is 5.94. The van der Waals surface area contributed by atoms with Crippen molar-refractivity contribution in [1.29, 1.82) is 0 Å². The van der Waals surface area contributed by atoms with E-state index in [1.807, 2.05) is 0 Å². The van der Waals surface area contributed by atoms with Crippen LogP contribution in [0.4, 0.5) is 0 Å². The van der Waals surface area contributed by atoms with Crippen LogP contribution in [0.15, 0.2) is 12.2 Å². The average Bonchev–Trinajstić information content (AvgIpc) is 3.02. The Morgan fingerprint density at radius 2 is 1.33 bits per heavy atom. The number of esters is 3. The fourth-order valence-electron chi connectivity index (χ4n) is 4.38. The molecular weight excluding hydrogens is 424 g/mol. The molecule has 3 atom stereocenters. The van der Waals surface area contributed by atoms with E-state index in [4.69, 9.17) is 14.2 Å². The van der Waals surface area contributed by atoms with E-state index >= 15 is 0 Å². The Hall–Kier alpha value is -2.18. The van der Waals surface area contributed by atoms with Gasteiger partial charge in [-0.2, -0.15) is 0 Å². The molecular formula is C26H42O7. The molecule has 0 unspecified atom stereocenters. The van der Waals surface area contributed by atoms with Gasteiger partial charge in [0.25, 0.3) is 0 Å². The third kappa shape index (κ3) is 10.1. The van der Waals surface area contributed by atoms with Gasteiger partial charge in [-0.25, -0.2) is 0 Å². The minimum absolute atomic E-state index is 0.329. The quantitative estimate of drug-likeness (QED) is 0.161. The van der Waals surface area contributed by atoms with Gasteiger partial charge < -0.3 is 14.2 Å².